The van der Waals surface area contributed by atoms with Crippen molar-refractivity contribution < 1.29 is 28.7 Å². The number of anilines is 3. The van der Waals surface area contributed by atoms with Crippen molar-refractivity contribution in [2.75, 3.05) is 77.1 Å². The molecule has 4 saturated heterocycles. The number of rotatable bonds is 18. The Kier molecular flexibility index (Phi) is 21.3. The molecule has 4 aromatic heterocycles. The Bertz CT molecular complexity index is 3050. The summed E-state index contributed by atoms with van der Waals surface area (Å²) in [5.41, 5.74) is 5.85. The summed E-state index contributed by atoms with van der Waals surface area (Å²) < 4.78 is 16.0. The first-order chi connectivity index (χ1) is 39.0. The smallest absolute Gasteiger partial charge is 0.322 e. The van der Waals surface area contributed by atoms with Gasteiger partial charge in [-0.25, -0.2) is 0 Å². The molecule has 3 N–H and O–H groups in total. The number of hydrogen-bond acceptors (Lipinski definition) is 17. The zero-order valence-electron chi connectivity index (χ0n) is 48.0. The molecule has 5 aromatic rings. The van der Waals surface area contributed by atoms with Crippen LogP contribution < -0.4 is 25.4 Å². The fourth-order valence-corrected chi connectivity index (χ4v) is 10.7. The minimum Gasteiger partial charge on any atom is -0.460 e. The van der Waals surface area contributed by atoms with Gasteiger partial charge in [-0.05, 0) is 151 Å². The van der Waals surface area contributed by atoms with Crippen LogP contribution in [0.4, 0.5) is 17.6 Å². The number of ether oxygens (including phenoxy) is 2. The van der Waals surface area contributed by atoms with Crippen LogP contribution in [-0.4, -0.2) is 155 Å². The molecular formula is C60H81ClN14O6. The van der Waals surface area contributed by atoms with E-state index in [0.29, 0.717) is 68.1 Å². The van der Waals surface area contributed by atoms with E-state index in [1.165, 1.54) is 6.08 Å². The highest BCUT2D eigenvalue weighted by molar-refractivity contribution is 6.66. The van der Waals surface area contributed by atoms with Crippen LogP contribution in [0.2, 0.25) is 0 Å². The second-order valence-corrected chi connectivity index (χ2v) is 22.9. The van der Waals surface area contributed by atoms with E-state index in [0.717, 1.165) is 136 Å². The van der Waals surface area contributed by atoms with Crippen molar-refractivity contribution in [1.29, 1.82) is 0 Å². The third kappa shape index (κ3) is 16.6. The number of hydrogen-bond donors (Lipinski definition) is 3. The zero-order valence-corrected chi connectivity index (χ0v) is 48.7. The highest BCUT2D eigenvalue weighted by Crippen LogP contribution is 2.31. The van der Waals surface area contributed by atoms with Crippen LogP contribution in [0.1, 0.15) is 132 Å². The average molecular weight is 1130 g/mol. The van der Waals surface area contributed by atoms with Gasteiger partial charge in [0, 0.05) is 86.1 Å². The number of halogens is 1. The van der Waals surface area contributed by atoms with E-state index in [1.807, 2.05) is 59.8 Å². The van der Waals surface area contributed by atoms with E-state index in [1.54, 1.807) is 9.03 Å². The Morgan fingerprint density at radius 3 is 1.77 bits per heavy atom. The van der Waals surface area contributed by atoms with Crippen molar-refractivity contribution in [2.45, 2.75) is 122 Å². The highest BCUT2D eigenvalue weighted by atomic mass is 35.5. The van der Waals surface area contributed by atoms with Gasteiger partial charge < -0.3 is 40.1 Å². The van der Waals surface area contributed by atoms with Gasteiger partial charge in [-0.2, -0.15) is 39.2 Å². The van der Waals surface area contributed by atoms with Gasteiger partial charge in [0.05, 0.1) is 12.4 Å². The fraction of sp³-hybridized carbons (Fsp3) is 0.533. The highest BCUT2D eigenvalue weighted by Gasteiger charge is 2.29. The second kappa shape index (κ2) is 28.7. The minimum absolute atomic E-state index is 0.0303. The number of ketones is 2. The molecule has 20 nitrogen and oxygen atoms in total. The first kappa shape index (κ1) is 60.2. The van der Waals surface area contributed by atoms with Gasteiger partial charge in [0.25, 0.3) is 0 Å². The maximum atomic E-state index is 13.3. The van der Waals surface area contributed by atoms with Crippen LogP contribution in [0, 0.1) is 17.8 Å². The number of likely N-dealkylation sites (tertiary alicyclic amines) is 3. The van der Waals surface area contributed by atoms with Crippen LogP contribution in [0.5, 0.6) is 12.0 Å². The van der Waals surface area contributed by atoms with E-state index in [2.05, 4.69) is 90.9 Å². The lowest BCUT2D eigenvalue weighted by molar-refractivity contribution is -0.127. The predicted molar refractivity (Wildman–Crippen MR) is 315 cm³/mol. The number of aromatic nitrogens is 8. The van der Waals surface area contributed by atoms with Crippen LogP contribution in [0.3, 0.4) is 0 Å². The van der Waals surface area contributed by atoms with Gasteiger partial charge in [-0.3, -0.25) is 19.2 Å². The van der Waals surface area contributed by atoms with Gasteiger partial charge >= 0.3 is 12.0 Å². The fourth-order valence-electron chi connectivity index (χ4n) is 10.7. The molecule has 10 rings (SSSR count). The summed E-state index contributed by atoms with van der Waals surface area (Å²) in [6.45, 7) is 22.5. The molecule has 0 saturated carbocycles. The van der Waals surface area contributed by atoms with Crippen LogP contribution in [0.15, 0.2) is 85.9 Å². The van der Waals surface area contributed by atoms with Gasteiger partial charge in [0.1, 0.15) is 18.0 Å². The van der Waals surface area contributed by atoms with Crippen molar-refractivity contribution in [3.63, 3.8) is 0 Å². The summed E-state index contributed by atoms with van der Waals surface area (Å²) >= 11 is 4.71. The Morgan fingerprint density at radius 2 is 1.25 bits per heavy atom. The molecule has 1 atom stereocenters. The quantitative estimate of drug-likeness (QED) is 0.0424. The summed E-state index contributed by atoms with van der Waals surface area (Å²) in [4.78, 5) is 72.9. The first-order valence-electron chi connectivity index (χ1n) is 28.8. The Balaban J connectivity index is 0.000000197. The molecule has 434 valence electrons. The third-order valence-corrected chi connectivity index (χ3v) is 15.9. The number of benzene rings is 1. The average Bonchev–Trinajstić information content (AvgIpc) is 4.11. The van der Waals surface area contributed by atoms with Crippen LogP contribution in [0.25, 0.3) is 11.3 Å². The maximum Gasteiger partial charge on any atom is 0.322 e. The Hall–Kier alpha value is -6.87. The largest absolute Gasteiger partial charge is 0.460 e. The second-order valence-electron chi connectivity index (χ2n) is 22.6. The van der Waals surface area contributed by atoms with E-state index < -0.39 is 5.24 Å². The maximum absolute atomic E-state index is 13.3. The van der Waals surface area contributed by atoms with Gasteiger partial charge in [0.2, 0.25) is 23.0 Å². The monoisotopic (exact) mass is 1130 g/mol. The molecule has 1 aromatic carbocycles. The molecule has 21 heteroatoms. The summed E-state index contributed by atoms with van der Waals surface area (Å²) in [6.07, 6.45) is 21.7. The van der Waals surface area contributed by atoms with Crippen molar-refractivity contribution in [3.05, 3.63) is 103 Å². The van der Waals surface area contributed by atoms with E-state index >= 15 is 0 Å². The molecule has 81 heavy (non-hydrogen) atoms. The molecule has 1 aliphatic carbocycles. The molecule has 4 fully saturated rings. The summed E-state index contributed by atoms with van der Waals surface area (Å²) in [7, 11) is 4.26. The zero-order chi connectivity index (χ0) is 57.6. The number of allylic oxidation sites excluding steroid dienone is 4. The lowest BCUT2D eigenvalue weighted by Gasteiger charge is -2.31. The molecule has 0 bridgehead atoms. The van der Waals surface area contributed by atoms with E-state index in [4.69, 9.17) is 41.0 Å². The number of fused-ring (bicyclic) bond motifs is 2. The van der Waals surface area contributed by atoms with Gasteiger partial charge in [-0.1, -0.05) is 65.1 Å². The van der Waals surface area contributed by atoms with Crippen LogP contribution >= 0.6 is 11.6 Å². The summed E-state index contributed by atoms with van der Waals surface area (Å²) in [6, 6.07) is 8.36. The minimum atomic E-state index is -0.509. The predicted octanol–water partition coefficient (Wildman–Crippen LogP) is 8.95. The van der Waals surface area contributed by atoms with Gasteiger partial charge in [-0.15, -0.1) is 0 Å². The normalized spacial score (nSPS) is 18.9. The van der Waals surface area contributed by atoms with Crippen molar-refractivity contribution >= 4 is 63.2 Å². The van der Waals surface area contributed by atoms with Gasteiger partial charge in [0.15, 0.2) is 17.1 Å². The SMILES string of the molecule is C=CC(=O)Cl.C=CC(=O)N1CCC(CC(=O)C2C=C(Nc3nc(OC4CCN(C)CC4)nc4c(C(C)C)cnn34)C=CC2)CC1.CC(C)c1cnn2c(Nc3cccc(C(=O)CC4CCNCC4)c3)nc(OC3CCN(C)CC3)nc12. The number of nitrogens with zero attached hydrogens (tertiary/aromatic N) is 11. The standard InChI is InChI=1S/C30H41N7O3.C27H37N7O2.C3H3ClO/c1-5-27(39)36-15-9-21(10-16-36)17-26(38)22-7-6-8-23(18-22)32-29-34-30(40-24-11-13-35(4)14-12-24)33-28-25(20(2)3)19-31-37(28)29;1-18(2)23-17-29-34-25(23)31-27(36-22-9-13-33(3)14-10-22)32-26(34)30-21-6-4-5-20(16-21)24(35)15-19-7-11-28-12-8-19;1-2-3(4)5/h5-6,8,18-22,24H,1,7,9-17H2,2-4H3,(H,32,33,34);4-6,16-19,22,28H,7-15H2,1-3H3,(H,30,31,32);2H,1H2. The number of piperidine rings is 4. The third-order valence-electron chi connectivity index (χ3n) is 15.7. The molecular weight excluding hydrogens is 1050 g/mol. The lowest BCUT2D eigenvalue weighted by atomic mass is 9.85. The Morgan fingerprint density at radius 1 is 0.716 bits per heavy atom. The number of carbonyl (C=O) groups excluding carboxylic acids is 4. The number of Topliss-reactive ketones (excluding diaryl/α,β-unsaturated/α-hetero) is 2. The summed E-state index contributed by atoms with van der Waals surface area (Å²) in [5.74, 6) is 2.50. The number of amides is 1. The van der Waals surface area contributed by atoms with E-state index in [-0.39, 0.29) is 47.4 Å². The number of carbonyl (C=O) groups is 4. The first-order valence-corrected chi connectivity index (χ1v) is 29.2. The molecule has 0 spiro atoms. The van der Waals surface area contributed by atoms with Crippen molar-refractivity contribution in [2.24, 2.45) is 17.8 Å². The Labute approximate surface area is 480 Å². The molecule has 1 unspecified atom stereocenters. The molecule has 1 amide bonds. The number of nitrogens with one attached hydrogen (secondary N) is 3. The van der Waals surface area contributed by atoms with Crippen LogP contribution in [-0.2, 0) is 14.4 Å². The van der Waals surface area contributed by atoms with Crippen molar-refractivity contribution in [1.82, 2.24) is 59.2 Å². The summed E-state index contributed by atoms with van der Waals surface area (Å²) in [5, 5.41) is 18.8. The molecule has 5 aliphatic rings. The molecule has 0 radical (unpaired) electrons. The van der Waals surface area contributed by atoms with E-state index in [9.17, 15) is 19.2 Å². The lowest BCUT2D eigenvalue weighted by Crippen LogP contribution is -2.38. The van der Waals surface area contributed by atoms with Crippen molar-refractivity contribution in [3.8, 4) is 12.0 Å². The molecule has 4 aliphatic heterocycles. The molecule has 8 heterocycles. The topological polar surface area (TPSA) is 219 Å².